The van der Waals surface area contributed by atoms with E-state index in [-0.39, 0.29) is 39.7 Å². The molecular weight excluding hydrogens is 468 g/mol. The van der Waals surface area contributed by atoms with Crippen LogP contribution in [0.25, 0.3) is 11.1 Å². The third-order valence-electron chi connectivity index (χ3n) is 4.97. The number of hydrogen-bond donors (Lipinski definition) is 2. The number of nitrogens with zero attached hydrogens (tertiary/aromatic N) is 6. The molecule has 12 heteroatoms. The SMILES string of the molecule is O=[N+]([O-])c1ccc(N=Nc2c(O)ccc(-c3ccc([N+](=O)[O-])cc3N=Nc3ccccc3)c2O)cc1. The number of benzene rings is 4. The first-order valence-electron chi connectivity index (χ1n) is 10.3. The van der Waals surface area contributed by atoms with E-state index in [0.717, 1.165) is 0 Å². The normalized spacial score (nSPS) is 11.2. The molecule has 0 fully saturated rings. The highest BCUT2D eigenvalue weighted by Gasteiger charge is 2.19. The number of azo groups is 2. The molecule has 0 aliphatic carbocycles. The van der Waals surface area contributed by atoms with Gasteiger partial charge in [-0.3, -0.25) is 20.2 Å². The van der Waals surface area contributed by atoms with Crippen molar-refractivity contribution in [2.45, 2.75) is 0 Å². The third kappa shape index (κ3) is 5.17. The largest absolute Gasteiger partial charge is 0.505 e. The van der Waals surface area contributed by atoms with Crippen LogP contribution in [0.3, 0.4) is 0 Å². The molecular formula is C24H16N6O6. The summed E-state index contributed by atoms with van der Waals surface area (Å²) in [7, 11) is 0. The standard InChI is InChI=1S/C24H16N6O6/c31-22-13-12-20(24(32)23(22)28-26-16-6-8-17(9-7-16)29(33)34)19-11-10-18(30(35)36)14-21(19)27-25-15-4-2-1-3-5-15/h1-14,31-32H. The molecule has 0 aliphatic heterocycles. The van der Waals surface area contributed by atoms with E-state index in [1.165, 1.54) is 54.6 Å². The second kappa shape index (κ2) is 10.2. The zero-order valence-electron chi connectivity index (χ0n) is 18.3. The van der Waals surface area contributed by atoms with Crippen LogP contribution in [0.2, 0.25) is 0 Å². The van der Waals surface area contributed by atoms with Crippen LogP contribution in [0, 0.1) is 20.2 Å². The number of aromatic hydroxyl groups is 2. The summed E-state index contributed by atoms with van der Waals surface area (Å²) in [6.45, 7) is 0. The number of phenolic OH excluding ortho intramolecular Hbond substituents is 2. The zero-order valence-corrected chi connectivity index (χ0v) is 18.3. The zero-order chi connectivity index (χ0) is 25.7. The molecule has 2 N–H and O–H groups in total. The van der Waals surface area contributed by atoms with Crippen molar-refractivity contribution in [3.8, 4) is 22.6 Å². The molecule has 4 aromatic rings. The summed E-state index contributed by atoms with van der Waals surface area (Å²) in [5.74, 6) is -0.832. The summed E-state index contributed by atoms with van der Waals surface area (Å²) in [6.07, 6.45) is 0. The molecule has 0 bridgehead atoms. The van der Waals surface area contributed by atoms with Gasteiger partial charge >= 0.3 is 0 Å². The van der Waals surface area contributed by atoms with Crippen molar-refractivity contribution < 1.29 is 20.1 Å². The Morgan fingerprint density at radius 3 is 1.86 bits per heavy atom. The molecule has 0 saturated heterocycles. The average Bonchev–Trinajstić information content (AvgIpc) is 2.88. The van der Waals surface area contributed by atoms with Crippen molar-refractivity contribution in [3.63, 3.8) is 0 Å². The first-order chi connectivity index (χ1) is 17.3. The fourth-order valence-corrected chi connectivity index (χ4v) is 3.18. The quantitative estimate of drug-likeness (QED) is 0.157. The number of phenols is 2. The Bertz CT molecular complexity index is 1500. The van der Waals surface area contributed by atoms with Crippen molar-refractivity contribution in [1.29, 1.82) is 0 Å². The molecule has 0 amide bonds. The van der Waals surface area contributed by atoms with Crippen molar-refractivity contribution >= 4 is 34.1 Å². The molecule has 0 spiro atoms. The summed E-state index contributed by atoms with van der Waals surface area (Å²) in [4.78, 5) is 21.0. The van der Waals surface area contributed by atoms with Gasteiger partial charge in [0.2, 0.25) is 0 Å². The minimum absolute atomic E-state index is 0.104. The summed E-state index contributed by atoms with van der Waals surface area (Å²) in [6, 6.07) is 20.5. The Morgan fingerprint density at radius 1 is 0.611 bits per heavy atom. The van der Waals surface area contributed by atoms with E-state index in [9.17, 15) is 30.4 Å². The summed E-state index contributed by atoms with van der Waals surface area (Å²) in [5, 5.41) is 59.3. The molecule has 4 aromatic carbocycles. The Balaban J connectivity index is 1.76. The Hall–Kier alpha value is -5.52. The third-order valence-corrected chi connectivity index (χ3v) is 4.97. The lowest BCUT2D eigenvalue weighted by Crippen LogP contribution is -1.89. The number of hydrogen-bond acceptors (Lipinski definition) is 10. The molecule has 178 valence electrons. The lowest BCUT2D eigenvalue weighted by molar-refractivity contribution is -0.385. The van der Waals surface area contributed by atoms with Gasteiger partial charge in [0.25, 0.3) is 11.4 Å². The first-order valence-corrected chi connectivity index (χ1v) is 10.3. The van der Waals surface area contributed by atoms with E-state index in [1.54, 1.807) is 30.3 Å². The molecule has 0 atom stereocenters. The van der Waals surface area contributed by atoms with E-state index in [0.29, 0.717) is 11.3 Å². The van der Waals surface area contributed by atoms with Gasteiger partial charge in [0.15, 0.2) is 11.4 Å². The first kappa shape index (κ1) is 23.6. The predicted octanol–water partition coefficient (Wildman–Crippen LogP) is 7.41. The van der Waals surface area contributed by atoms with Crippen LogP contribution in [-0.2, 0) is 0 Å². The molecule has 12 nitrogen and oxygen atoms in total. The maximum Gasteiger partial charge on any atom is 0.271 e. The van der Waals surface area contributed by atoms with Crippen molar-refractivity contribution in [2.75, 3.05) is 0 Å². The number of non-ortho nitro benzene ring substituents is 2. The highest BCUT2D eigenvalue weighted by Crippen LogP contribution is 2.47. The van der Waals surface area contributed by atoms with Crippen LogP contribution in [0.1, 0.15) is 0 Å². The van der Waals surface area contributed by atoms with Gasteiger partial charge in [-0.2, -0.15) is 10.2 Å². The molecule has 0 heterocycles. The van der Waals surface area contributed by atoms with Gasteiger partial charge in [-0.1, -0.05) is 18.2 Å². The van der Waals surface area contributed by atoms with Gasteiger partial charge in [0.05, 0.1) is 21.2 Å². The molecule has 0 radical (unpaired) electrons. The maximum atomic E-state index is 11.3. The average molecular weight is 484 g/mol. The van der Waals surface area contributed by atoms with Gasteiger partial charge in [0, 0.05) is 35.4 Å². The van der Waals surface area contributed by atoms with Crippen LogP contribution < -0.4 is 0 Å². The predicted molar refractivity (Wildman–Crippen MR) is 130 cm³/mol. The van der Waals surface area contributed by atoms with Crippen LogP contribution in [0.4, 0.5) is 34.1 Å². The van der Waals surface area contributed by atoms with Crippen molar-refractivity contribution in [2.24, 2.45) is 20.5 Å². The lowest BCUT2D eigenvalue weighted by atomic mass is 10.0. The van der Waals surface area contributed by atoms with Crippen LogP contribution in [-0.4, -0.2) is 20.1 Å². The number of nitro benzene ring substituents is 2. The highest BCUT2D eigenvalue weighted by molar-refractivity contribution is 5.86. The van der Waals surface area contributed by atoms with E-state index in [2.05, 4.69) is 20.5 Å². The van der Waals surface area contributed by atoms with Gasteiger partial charge in [-0.25, -0.2) is 0 Å². The molecule has 0 aromatic heterocycles. The summed E-state index contributed by atoms with van der Waals surface area (Å²) in [5.41, 5.74) is 0.712. The van der Waals surface area contributed by atoms with Crippen molar-refractivity contribution in [1.82, 2.24) is 0 Å². The second-order valence-corrected chi connectivity index (χ2v) is 7.30. The smallest absolute Gasteiger partial charge is 0.271 e. The maximum absolute atomic E-state index is 11.3. The van der Waals surface area contributed by atoms with E-state index in [4.69, 9.17) is 0 Å². The molecule has 0 saturated carbocycles. The van der Waals surface area contributed by atoms with Gasteiger partial charge < -0.3 is 10.2 Å². The number of nitro groups is 2. The lowest BCUT2D eigenvalue weighted by Gasteiger charge is -2.10. The van der Waals surface area contributed by atoms with Crippen molar-refractivity contribution in [3.05, 3.63) is 105 Å². The fraction of sp³-hybridized carbons (Fsp3) is 0. The Kier molecular flexibility index (Phi) is 6.68. The van der Waals surface area contributed by atoms with E-state index in [1.807, 2.05) is 0 Å². The van der Waals surface area contributed by atoms with Gasteiger partial charge in [0.1, 0.15) is 11.4 Å². The highest BCUT2D eigenvalue weighted by atomic mass is 16.6. The molecule has 36 heavy (non-hydrogen) atoms. The molecule has 0 aliphatic rings. The van der Waals surface area contributed by atoms with Crippen LogP contribution in [0.15, 0.2) is 105 Å². The van der Waals surface area contributed by atoms with E-state index >= 15 is 0 Å². The summed E-state index contributed by atoms with van der Waals surface area (Å²) < 4.78 is 0. The minimum Gasteiger partial charge on any atom is -0.505 e. The van der Waals surface area contributed by atoms with Gasteiger partial charge in [-0.15, -0.1) is 10.2 Å². The Labute approximate surface area is 202 Å². The van der Waals surface area contributed by atoms with E-state index < -0.39 is 15.6 Å². The second-order valence-electron chi connectivity index (χ2n) is 7.30. The topological polar surface area (TPSA) is 176 Å². The molecule has 4 rings (SSSR count). The summed E-state index contributed by atoms with van der Waals surface area (Å²) >= 11 is 0. The fourth-order valence-electron chi connectivity index (χ4n) is 3.18. The molecule has 0 unspecified atom stereocenters. The van der Waals surface area contributed by atoms with Gasteiger partial charge in [-0.05, 0) is 42.5 Å². The minimum atomic E-state index is -0.578. The van der Waals surface area contributed by atoms with Crippen LogP contribution >= 0.6 is 0 Å². The number of rotatable bonds is 7. The van der Waals surface area contributed by atoms with Crippen LogP contribution in [0.5, 0.6) is 11.5 Å². The monoisotopic (exact) mass is 484 g/mol. The Morgan fingerprint density at radius 2 is 1.19 bits per heavy atom.